The largest absolute Gasteiger partial charge is 0.383 e. The van der Waals surface area contributed by atoms with Crippen LogP contribution in [0.2, 0.25) is 0 Å². The van der Waals surface area contributed by atoms with Gasteiger partial charge in [-0.2, -0.15) is 0 Å². The van der Waals surface area contributed by atoms with Crippen LogP contribution in [0.4, 0.5) is 0 Å². The minimum atomic E-state index is -1.15. The number of nitrogens with zero attached hydrogens (tertiary/aromatic N) is 1. The average molecular weight is 325 g/mol. The van der Waals surface area contributed by atoms with Crippen molar-refractivity contribution in [2.24, 2.45) is 5.16 Å². The van der Waals surface area contributed by atoms with E-state index in [2.05, 4.69) is 38.1 Å². The van der Waals surface area contributed by atoms with E-state index in [9.17, 15) is 4.21 Å². The second kappa shape index (κ2) is 4.78. The van der Waals surface area contributed by atoms with Gasteiger partial charge in [0, 0.05) is 16.0 Å². The Balaban J connectivity index is 1.89. The van der Waals surface area contributed by atoms with E-state index in [1.807, 2.05) is 31.2 Å². The number of hydrogen-bond donors (Lipinski definition) is 0. The fourth-order valence-corrected chi connectivity index (χ4v) is 5.83. The Hall–Kier alpha value is -1.94. The van der Waals surface area contributed by atoms with Crippen LogP contribution in [-0.2, 0) is 21.2 Å². The molecule has 3 nitrogen and oxygen atoms in total. The fourth-order valence-electron chi connectivity index (χ4n) is 3.94. The first kappa shape index (κ1) is 14.6. The molecule has 2 heterocycles. The lowest BCUT2D eigenvalue weighted by atomic mass is 9.86. The molecule has 0 spiro atoms. The molecule has 23 heavy (non-hydrogen) atoms. The number of aryl methyl sites for hydroxylation is 3. The molecular weight excluding hydrogens is 306 g/mol. The second-order valence-electron chi connectivity index (χ2n) is 6.62. The van der Waals surface area contributed by atoms with Gasteiger partial charge in [0.2, 0.25) is 0 Å². The van der Waals surface area contributed by atoms with Crippen LogP contribution in [-0.4, -0.2) is 15.2 Å². The molecule has 2 aliphatic rings. The van der Waals surface area contributed by atoms with E-state index in [1.165, 1.54) is 5.56 Å². The number of benzene rings is 2. The highest BCUT2D eigenvalue weighted by atomic mass is 32.2. The molecule has 2 aromatic carbocycles. The lowest BCUT2D eigenvalue weighted by Gasteiger charge is -2.22. The van der Waals surface area contributed by atoms with Crippen LogP contribution in [0.1, 0.15) is 34.7 Å². The van der Waals surface area contributed by atoms with Gasteiger partial charge in [-0.3, -0.25) is 4.21 Å². The minimum absolute atomic E-state index is 0.250. The van der Waals surface area contributed by atoms with E-state index in [1.54, 1.807) is 0 Å². The molecule has 118 valence electrons. The predicted molar refractivity (Wildman–Crippen MR) is 92.3 cm³/mol. The standard InChI is InChI=1S/C19H19NO2S/c1-11-9-12(2)16(13(3)10-11)17-18-19(4,22-20-17)14-7-5-6-8-15(14)23(18)21/h5-10,18H,1-4H3/t18-,19-,23+/m1/s1. The van der Waals surface area contributed by atoms with E-state index in [0.717, 1.165) is 32.9 Å². The zero-order valence-corrected chi connectivity index (χ0v) is 14.5. The summed E-state index contributed by atoms with van der Waals surface area (Å²) >= 11 is 0. The third-order valence-corrected chi connectivity index (χ3v) is 6.76. The lowest BCUT2D eigenvalue weighted by molar-refractivity contribution is -0.00347. The van der Waals surface area contributed by atoms with E-state index < -0.39 is 16.4 Å². The topological polar surface area (TPSA) is 38.7 Å². The summed E-state index contributed by atoms with van der Waals surface area (Å²) in [5, 5.41) is 4.14. The Morgan fingerprint density at radius 2 is 1.78 bits per heavy atom. The first-order valence-corrected chi connectivity index (χ1v) is 8.99. The Bertz CT molecular complexity index is 864. The Labute approximate surface area is 138 Å². The summed E-state index contributed by atoms with van der Waals surface area (Å²) in [5.41, 5.74) is 5.78. The maximum Gasteiger partial charge on any atom is 0.181 e. The van der Waals surface area contributed by atoms with E-state index >= 15 is 0 Å². The molecule has 0 amide bonds. The van der Waals surface area contributed by atoms with Crippen LogP contribution in [0.5, 0.6) is 0 Å². The molecule has 2 aromatic rings. The predicted octanol–water partition coefficient (Wildman–Crippen LogP) is 3.75. The zero-order valence-electron chi connectivity index (χ0n) is 13.7. The van der Waals surface area contributed by atoms with Gasteiger partial charge in [-0.05, 0) is 44.9 Å². The first-order valence-electron chi connectivity index (χ1n) is 7.78. The van der Waals surface area contributed by atoms with Gasteiger partial charge in [-0.25, -0.2) is 0 Å². The van der Waals surface area contributed by atoms with Crippen LogP contribution < -0.4 is 0 Å². The molecule has 4 rings (SSSR count). The van der Waals surface area contributed by atoms with Crippen LogP contribution >= 0.6 is 0 Å². The van der Waals surface area contributed by atoms with Crippen molar-refractivity contribution in [3.63, 3.8) is 0 Å². The SMILES string of the molecule is Cc1cc(C)c(C2=NO[C@]3(C)c4ccccc4[S@](=O)[C@H]23)c(C)c1. The normalized spacial score (nSPS) is 28.1. The minimum Gasteiger partial charge on any atom is -0.383 e. The summed E-state index contributed by atoms with van der Waals surface area (Å²) in [6, 6.07) is 12.1. The molecule has 0 aliphatic carbocycles. The van der Waals surface area contributed by atoms with Crippen LogP contribution in [0.25, 0.3) is 0 Å². The second-order valence-corrected chi connectivity index (χ2v) is 8.13. The van der Waals surface area contributed by atoms with Crippen LogP contribution in [0.15, 0.2) is 46.4 Å². The molecule has 0 bridgehead atoms. The lowest BCUT2D eigenvalue weighted by Crippen LogP contribution is -2.36. The van der Waals surface area contributed by atoms with Crippen molar-refractivity contribution < 1.29 is 9.05 Å². The van der Waals surface area contributed by atoms with Crippen molar-refractivity contribution in [3.8, 4) is 0 Å². The molecule has 0 radical (unpaired) electrons. The molecule has 0 N–H and O–H groups in total. The number of rotatable bonds is 1. The van der Waals surface area contributed by atoms with Crippen molar-refractivity contribution in [2.45, 2.75) is 43.4 Å². The molecule has 4 heteroatoms. The Morgan fingerprint density at radius 3 is 2.48 bits per heavy atom. The maximum absolute atomic E-state index is 13.1. The van der Waals surface area contributed by atoms with Crippen molar-refractivity contribution in [2.75, 3.05) is 0 Å². The van der Waals surface area contributed by atoms with Gasteiger partial charge in [0.05, 0.1) is 10.8 Å². The molecule has 0 saturated carbocycles. The third-order valence-electron chi connectivity index (χ3n) is 4.87. The molecule has 0 unspecified atom stereocenters. The molecule has 0 saturated heterocycles. The highest BCUT2D eigenvalue weighted by molar-refractivity contribution is 7.87. The fraction of sp³-hybridized carbons (Fsp3) is 0.316. The molecule has 3 atom stereocenters. The molecule has 0 aromatic heterocycles. The highest BCUT2D eigenvalue weighted by Crippen LogP contribution is 2.48. The Kier molecular flexibility index (Phi) is 3.04. The number of fused-ring (bicyclic) bond motifs is 3. The average Bonchev–Trinajstić information content (AvgIpc) is 2.94. The van der Waals surface area contributed by atoms with Crippen molar-refractivity contribution in [3.05, 3.63) is 64.2 Å². The maximum atomic E-state index is 13.1. The third kappa shape index (κ3) is 1.88. The molecule has 2 aliphatic heterocycles. The van der Waals surface area contributed by atoms with Gasteiger partial charge in [0.1, 0.15) is 11.0 Å². The van der Waals surface area contributed by atoms with Gasteiger partial charge in [-0.15, -0.1) is 0 Å². The quantitative estimate of drug-likeness (QED) is 0.801. The van der Waals surface area contributed by atoms with Gasteiger partial charge in [0.15, 0.2) is 5.60 Å². The Morgan fingerprint density at radius 1 is 1.13 bits per heavy atom. The van der Waals surface area contributed by atoms with Crippen molar-refractivity contribution in [1.29, 1.82) is 0 Å². The summed E-state index contributed by atoms with van der Waals surface area (Å²) < 4.78 is 13.1. The summed E-state index contributed by atoms with van der Waals surface area (Å²) in [6.07, 6.45) is 0. The van der Waals surface area contributed by atoms with Crippen molar-refractivity contribution in [1.82, 2.24) is 0 Å². The van der Waals surface area contributed by atoms with Gasteiger partial charge in [0.25, 0.3) is 0 Å². The summed E-state index contributed by atoms with van der Waals surface area (Å²) in [5.74, 6) is 0. The number of oxime groups is 1. The summed E-state index contributed by atoms with van der Waals surface area (Å²) in [7, 11) is -1.15. The van der Waals surface area contributed by atoms with Gasteiger partial charge >= 0.3 is 0 Å². The van der Waals surface area contributed by atoms with Crippen molar-refractivity contribution >= 4 is 16.5 Å². The van der Waals surface area contributed by atoms with Crippen LogP contribution in [0, 0.1) is 20.8 Å². The van der Waals surface area contributed by atoms with Gasteiger partial charge in [-0.1, -0.05) is 41.1 Å². The highest BCUT2D eigenvalue weighted by Gasteiger charge is 2.57. The smallest absolute Gasteiger partial charge is 0.181 e. The van der Waals surface area contributed by atoms with E-state index in [4.69, 9.17) is 4.84 Å². The first-order chi connectivity index (χ1) is 10.9. The summed E-state index contributed by atoms with van der Waals surface area (Å²) in [6.45, 7) is 8.25. The van der Waals surface area contributed by atoms with Crippen LogP contribution in [0.3, 0.4) is 0 Å². The van der Waals surface area contributed by atoms with E-state index in [-0.39, 0.29) is 5.25 Å². The van der Waals surface area contributed by atoms with Gasteiger partial charge < -0.3 is 4.84 Å². The van der Waals surface area contributed by atoms with E-state index in [0.29, 0.717) is 0 Å². The number of hydrogen-bond acceptors (Lipinski definition) is 3. The zero-order chi connectivity index (χ0) is 16.4. The monoisotopic (exact) mass is 325 g/mol. The molecule has 0 fully saturated rings. The summed E-state index contributed by atoms with van der Waals surface area (Å²) in [4.78, 5) is 6.73. The molecular formula is C19H19NO2S.